The van der Waals surface area contributed by atoms with Crippen LogP contribution in [0.5, 0.6) is 0 Å². The Balaban J connectivity index is 2.57. The Morgan fingerprint density at radius 3 is 2.13 bits per heavy atom. The molecule has 0 aliphatic heterocycles. The first-order chi connectivity index (χ1) is 7.11. The molecule has 2 nitrogen and oxygen atoms in total. The summed E-state index contributed by atoms with van der Waals surface area (Å²) in [6.07, 6.45) is 1.22. The third-order valence-electron chi connectivity index (χ3n) is 2.18. The normalized spacial score (nSPS) is 10.0. The molecule has 0 fully saturated rings. The first-order valence-corrected chi connectivity index (χ1v) is 5.38. The van der Waals surface area contributed by atoms with Gasteiger partial charge in [0, 0.05) is 6.42 Å². The molecular weight excluding hydrogens is 208 g/mol. The molecular formula is C12H14O2S. The van der Waals surface area contributed by atoms with Gasteiger partial charge in [0.05, 0.1) is 6.42 Å². The molecule has 0 aliphatic carbocycles. The molecule has 0 N–H and O–H groups in total. The molecule has 1 rings (SSSR count). The molecule has 0 aliphatic rings. The first kappa shape index (κ1) is 12.0. The molecule has 0 unspecified atom stereocenters. The smallest absolute Gasteiger partial charge is 0.193 e. The van der Waals surface area contributed by atoms with Gasteiger partial charge in [-0.3, -0.25) is 9.59 Å². The van der Waals surface area contributed by atoms with Gasteiger partial charge < -0.3 is 0 Å². The van der Waals surface area contributed by atoms with Crippen molar-refractivity contribution < 1.29 is 9.59 Å². The number of carbonyl (C=O) groups is 2. The average Bonchev–Trinajstić information content (AvgIpc) is 2.17. The van der Waals surface area contributed by atoms with Gasteiger partial charge in [-0.2, -0.15) is 0 Å². The Kier molecular flexibility index (Phi) is 4.56. The second-order valence-corrected chi connectivity index (χ2v) is 3.95. The Hall–Kier alpha value is -1.09. The molecule has 0 bridgehead atoms. The lowest BCUT2D eigenvalue weighted by atomic mass is 10.0. The number of carbonyl (C=O) groups excluding carboxylic acids is 2. The van der Waals surface area contributed by atoms with E-state index in [-0.39, 0.29) is 17.3 Å². The van der Waals surface area contributed by atoms with Crippen molar-refractivity contribution in [1.82, 2.24) is 0 Å². The van der Waals surface area contributed by atoms with Crippen LogP contribution in [-0.4, -0.2) is 10.9 Å². The van der Waals surface area contributed by atoms with Crippen LogP contribution in [0.3, 0.4) is 0 Å². The van der Waals surface area contributed by atoms with Crippen LogP contribution in [-0.2, 0) is 22.4 Å². The van der Waals surface area contributed by atoms with E-state index in [1.807, 2.05) is 24.3 Å². The third kappa shape index (κ3) is 4.30. The number of thiol groups is 1. The van der Waals surface area contributed by atoms with Gasteiger partial charge in [0.25, 0.3) is 0 Å². The van der Waals surface area contributed by atoms with Crippen LogP contribution in [0.1, 0.15) is 24.5 Å². The molecule has 1 aromatic carbocycles. The molecule has 80 valence electrons. The van der Waals surface area contributed by atoms with Crippen molar-refractivity contribution in [2.24, 2.45) is 0 Å². The van der Waals surface area contributed by atoms with E-state index in [2.05, 4.69) is 19.6 Å². The van der Waals surface area contributed by atoms with Gasteiger partial charge in [-0.1, -0.05) is 31.2 Å². The molecule has 1 aromatic rings. The number of hydrogen-bond donors (Lipinski definition) is 1. The lowest BCUT2D eigenvalue weighted by Crippen LogP contribution is -2.06. The highest BCUT2D eigenvalue weighted by Gasteiger charge is 2.06. The van der Waals surface area contributed by atoms with Crippen LogP contribution < -0.4 is 0 Å². The molecule has 0 radical (unpaired) electrons. The SMILES string of the molecule is CCc1ccc(CC(=O)CC(=O)S)cc1. The number of aryl methyl sites for hydroxylation is 1. The minimum Gasteiger partial charge on any atom is -0.299 e. The zero-order chi connectivity index (χ0) is 11.3. The summed E-state index contributed by atoms with van der Waals surface area (Å²) in [5.41, 5.74) is 2.20. The van der Waals surface area contributed by atoms with E-state index >= 15 is 0 Å². The molecule has 3 heteroatoms. The lowest BCUT2D eigenvalue weighted by molar-refractivity contribution is -0.122. The molecule has 0 saturated carbocycles. The minimum absolute atomic E-state index is 0.0840. The molecule has 0 amide bonds. The fraction of sp³-hybridized carbons (Fsp3) is 0.333. The van der Waals surface area contributed by atoms with E-state index in [1.54, 1.807) is 0 Å². The predicted molar refractivity (Wildman–Crippen MR) is 63.1 cm³/mol. The van der Waals surface area contributed by atoms with E-state index in [9.17, 15) is 9.59 Å². The number of hydrogen-bond acceptors (Lipinski definition) is 2. The Bertz CT molecular complexity index is 354. The van der Waals surface area contributed by atoms with E-state index in [0.29, 0.717) is 6.42 Å². The molecule has 0 atom stereocenters. The summed E-state index contributed by atoms with van der Waals surface area (Å²) >= 11 is 3.58. The molecule has 0 aromatic heterocycles. The van der Waals surface area contributed by atoms with Gasteiger partial charge in [-0.15, -0.1) is 12.6 Å². The van der Waals surface area contributed by atoms with Crippen LogP contribution in [0, 0.1) is 0 Å². The summed E-state index contributed by atoms with van der Waals surface area (Å²) in [6, 6.07) is 7.87. The van der Waals surface area contributed by atoms with Crippen molar-refractivity contribution in [3.05, 3.63) is 35.4 Å². The van der Waals surface area contributed by atoms with E-state index < -0.39 is 0 Å². The Morgan fingerprint density at radius 1 is 1.13 bits per heavy atom. The van der Waals surface area contributed by atoms with Crippen molar-refractivity contribution in [3.63, 3.8) is 0 Å². The maximum absolute atomic E-state index is 11.3. The molecule has 0 heterocycles. The highest BCUT2D eigenvalue weighted by Crippen LogP contribution is 2.07. The van der Waals surface area contributed by atoms with E-state index in [1.165, 1.54) is 5.56 Å². The number of rotatable bonds is 5. The van der Waals surface area contributed by atoms with Gasteiger partial charge >= 0.3 is 0 Å². The second-order valence-electron chi connectivity index (χ2n) is 3.46. The highest BCUT2D eigenvalue weighted by atomic mass is 32.1. The summed E-state index contributed by atoms with van der Waals surface area (Å²) in [4.78, 5) is 21.9. The fourth-order valence-corrected chi connectivity index (χ4v) is 1.53. The summed E-state index contributed by atoms with van der Waals surface area (Å²) in [5, 5.41) is -0.370. The lowest BCUT2D eigenvalue weighted by Gasteiger charge is -2.01. The largest absolute Gasteiger partial charge is 0.299 e. The van der Waals surface area contributed by atoms with Crippen LogP contribution in [0.4, 0.5) is 0 Å². The van der Waals surface area contributed by atoms with Crippen molar-refractivity contribution in [2.45, 2.75) is 26.2 Å². The fourth-order valence-electron chi connectivity index (χ4n) is 1.35. The standard InChI is InChI=1S/C12H14O2S/c1-2-9-3-5-10(6-4-9)7-11(13)8-12(14)15/h3-6H,2,7-8H2,1H3,(H,14,15). The number of ketones is 1. The first-order valence-electron chi connectivity index (χ1n) is 4.93. The van der Waals surface area contributed by atoms with Gasteiger partial charge in [-0.05, 0) is 17.5 Å². The van der Waals surface area contributed by atoms with Crippen molar-refractivity contribution >= 4 is 23.5 Å². The van der Waals surface area contributed by atoms with Crippen LogP contribution >= 0.6 is 12.6 Å². The summed E-state index contributed by atoms with van der Waals surface area (Å²) < 4.78 is 0. The summed E-state index contributed by atoms with van der Waals surface area (Å²) in [6.45, 7) is 2.08. The molecule has 0 spiro atoms. The minimum atomic E-state index is -0.370. The van der Waals surface area contributed by atoms with E-state index in [4.69, 9.17) is 0 Å². The zero-order valence-electron chi connectivity index (χ0n) is 8.69. The van der Waals surface area contributed by atoms with Crippen molar-refractivity contribution in [3.8, 4) is 0 Å². The van der Waals surface area contributed by atoms with Crippen LogP contribution in [0.15, 0.2) is 24.3 Å². The summed E-state index contributed by atoms with van der Waals surface area (Å²) in [7, 11) is 0. The third-order valence-corrected chi connectivity index (χ3v) is 2.34. The average molecular weight is 222 g/mol. The number of Topliss-reactive ketones (excluding diaryl/α,β-unsaturated/α-hetero) is 1. The predicted octanol–water partition coefficient (Wildman–Crippen LogP) is 2.21. The van der Waals surface area contributed by atoms with Gasteiger partial charge in [0.2, 0.25) is 0 Å². The van der Waals surface area contributed by atoms with Gasteiger partial charge in [0.15, 0.2) is 5.12 Å². The summed E-state index contributed by atoms with van der Waals surface area (Å²) in [5.74, 6) is -0.0840. The van der Waals surface area contributed by atoms with E-state index in [0.717, 1.165) is 12.0 Å². The van der Waals surface area contributed by atoms with Crippen LogP contribution in [0.25, 0.3) is 0 Å². The maximum atomic E-state index is 11.3. The maximum Gasteiger partial charge on any atom is 0.193 e. The monoisotopic (exact) mass is 222 g/mol. The quantitative estimate of drug-likeness (QED) is 0.612. The van der Waals surface area contributed by atoms with Gasteiger partial charge in [0.1, 0.15) is 5.78 Å². The van der Waals surface area contributed by atoms with Crippen LogP contribution in [0.2, 0.25) is 0 Å². The highest BCUT2D eigenvalue weighted by molar-refractivity contribution is 7.96. The molecule has 15 heavy (non-hydrogen) atoms. The van der Waals surface area contributed by atoms with Crippen molar-refractivity contribution in [2.75, 3.05) is 0 Å². The Labute approximate surface area is 95.1 Å². The topological polar surface area (TPSA) is 34.1 Å². The number of benzene rings is 1. The zero-order valence-corrected chi connectivity index (χ0v) is 9.59. The van der Waals surface area contributed by atoms with Gasteiger partial charge in [-0.25, -0.2) is 0 Å². The second kappa shape index (κ2) is 5.71. The Morgan fingerprint density at radius 2 is 1.67 bits per heavy atom. The van der Waals surface area contributed by atoms with Crippen molar-refractivity contribution in [1.29, 1.82) is 0 Å². The molecule has 0 saturated heterocycles.